The molecule has 2 heterocycles. The number of hydrogen-bond acceptors (Lipinski definition) is 6. The summed E-state index contributed by atoms with van der Waals surface area (Å²) in [6.45, 7) is 3.93. The van der Waals surface area contributed by atoms with Gasteiger partial charge in [-0.05, 0) is 26.0 Å². The summed E-state index contributed by atoms with van der Waals surface area (Å²) in [6.07, 6.45) is 1.69. The molecule has 0 saturated carbocycles. The smallest absolute Gasteiger partial charge is 0.350 e. The van der Waals surface area contributed by atoms with Crippen molar-refractivity contribution >= 4 is 28.3 Å². The van der Waals surface area contributed by atoms with Crippen LogP contribution in [0, 0.1) is 6.92 Å². The summed E-state index contributed by atoms with van der Waals surface area (Å²) in [7, 11) is 1.62. The third-order valence-electron chi connectivity index (χ3n) is 3.21. The number of fused-ring (bicyclic) bond motifs is 1. The number of hydrogen-bond donors (Lipinski definition) is 0. The van der Waals surface area contributed by atoms with Gasteiger partial charge in [0.25, 0.3) is 0 Å². The zero-order chi connectivity index (χ0) is 15.7. The lowest BCUT2D eigenvalue weighted by Crippen LogP contribution is -2.03. The fourth-order valence-electron chi connectivity index (χ4n) is 2.14. The Labute approximate surface area is 131 Å². The number of carbonyl (C=O) groups is 1. The number of aromatic nitrogens is 3. The highest BCUT2D eigenvalue weighted by Gasteiger charge is 2.18. The lowest BCUT2D eigenvalue weighted by Gasteiger charge is -2.01. The molecule has 6 nitrogen and oxygen atoms in total. The van der Waals surface area contributed by atoms with E-state index >= 15 is 0 Å². The van der Waals surface area contributed by atoms with Crippen molar-refractivity contribution in [2.45, 2.75) is 13.8 Å². The van der Waals surface area contributed by atoms with Crippen molar-refractivity contribution in [1.29, 1.82) is 0 Å². The van der Waals surface area contributed by atoms with Crippen LogP contribution in [0.1, 0.15) is 22.3 Å². The minimum atomic E-state index is -0.338. The first kappa shape index (κ1) is 14.5. The van der Waals surface area contributed by atoms with Crippen LogP contribution < -0.4 is 4.74 Å². The molecule has 0 unspecified atom stereocenters. The minimum Gasteiger partial charge on any atom is -0.497 e. The van der Waals surface area contributed by atoms with Crippen molar-refractivity contribution in [1.82, 2.24) is 14.5 Å². The van der Waals surface area contributed by atoms with Gasteiger partial charge in [-0.15, -0.1) is 0 Å². The van der Waals surface area contributed by atoms with Gasteiger partial charge in [-0.2, -0.15) is 0 Å². The maximum atomic E-state index is 11.9. The number of nitrogens with zero attached hydrogens (tertiary/aromatic N) is 3. The predicted molar refractivity (Wildman–Crippen MR) is 84.0 cm³/mol. The van der Waals surface area contributed by atoms with Gasteiger partial charge in [0.1, 0.15) is 17.0 Å². The third-order valence-corrected chi connectivity index (χ3v) is 4.34. The molecule has 0 N–H and O–H groups in total. The Bertz CT molecular complexity index is 838. The summed E-state index contributed by atoms with van der Waals surface area (Å²) in [5.41, 5.74) is 2.38. The van der Waals surface area contributed by atoms with Crippen molar-refractivity contribution < 1.29 is 14.3 Å². The van der Waals surface area contributed by atoms with Crippen LogP contribution in [0.3, 0.4) is 0 Å². The standard InChI is InChI=1S/C15H15N3O3S/c1-4-21-14(19)13-9(2)17-15(22-13)18-8-16-11-7-10(20-3)5-6-12(11)18/h5-8H,4H2,1-3H3. The summed E-state index contributed by atoms with van der Waals surface area (Å²) in [4.78, 5) is 21.2. The molecule has 0 fully saturated rings. The second-order valence-corrected chi connectivity index (χ2v) is 5.58. The third kappa shape index (κ3) is 2.43. The zero-order valence-electron chi connectivity index (χ0n) is 12.5. The van der Waals surface area contributed by atoms with Gasteiger partial charge in [0, 0.05) is 6.07 Å². The Balaban J connectivity index is 2.05. The summed E-state index contributed by atoms with van der Waals surface area (Å²) in [5, 5.41) is 0.688. The summed E-state index contributed by atoms with van der Waals surface area (Å²) < 4.78 is 12.1. The van der Waals surface area contributed by atoms with E-state index in [1.54, 1.807) is 27.3 Å². The molecule has 0 aliphatic rings. The molecule has 0 aliphatic heterocycles. The van der Waals surface area contributed by atoms with E-state index in [1.165, 1.54) is 11.3 Å². The van der Waals surface area contributed by atoms with Crippen LogP contribution in [0.15, 0.2) is 24.5 Å². The van der Waals surface area contributed by atoms with Crippen LogP contribution in [0.5, 0.6) is 5.75 Å². The Hall–Kier alpha value is -2.41. The Kier molecular flexibility index (Phi) is 3.81. The number of methoxy groups -OCH3 is 1. The maximum absolute atomic E-state index is 11.9. The molecule has 0 bridgehead atoms. The molecule has 0 radical (unpaired) electrons. The van der Waals surface area contributed by atoms with E-state index < -0.39 is 0 Å². The van der Waals surface area contributed by atoms with E-state index in [2.05, 4.69) is 9.97 Å². The second-order valence-electron chi connectivity index (χ2n) is 4.60. The quantitative estimate of drug-likeness (QED) is 0.692. The van der Waals surface area contributed by atoms with Crippen LogP contribution in [0.25, 0.3) is 16.2 Å². The molecule has 0 amide bonds. The van der Waals surface area contributed by atoms with Crippen molar-refractivity contribution in [2.24, 2.45) is 0 Å². The van der Waals surface area contributed by atoms with Gasteiger partial charge in [-0.3, -0.25) is 4.57 Å². The molecule has 1 aromatic carbocycles. The highest BCUT2D eigenvalue weighted by molar-refractivity contribution is 7.16. The molecule has 3 rings (SSSR count). The largest absolute Gasteiger partial charge is 0.497 e. The molecule has 0 aliphatic carbocycles. The first-order valence-electron chi connectivity index (χ1n) is 6.80. The molecular formula is C15H15N3O3S. The van der Waals surface area contributed by atoms with E-state index in [9.17, 15) is 4.79 Å². The zero-order valence-corrected chi connectivity index (χ0v) is 13.3. The van der Waals surface area contributed by atoms with Gasteiger partial charge >= 0.3 is 5.97 Å². The molecule has 7 heteroatoms. The van der Waals surface area contributed by atoms with Crippen molar-refractivity contribution in [3.8, 4) is 10.9 Å². The summed E-state index contributed by atoms with van der Waals surface area (Å²) in [6, 6.07) is 5.65. The number of rotatable bonds is 4. The van der Waals surface area contributed by atoms with Crippen molar-refractivity contribution in [3.63, 3.8) is 0 Å². The number of esters is 1. The number of carbonyl (C=O) groups excluding carboxylic acids is 1. The summed E-state index contributed by atoms with van der Waals surface area (Å²) >= 11 is 1.30. The maximum Gasteiger partial charge on any atom is 0.350 e. The van der Waals surface area contributed by atoms with Crippen LogP contribution in [0.2, 0.25) is 0 Å². The average molecular weight is 317 g/mol. The number of imidazole rings is 1. The van der Waals surface area contributed by atoms with Crippen LogP contribution in [-0.2, 0) is 4.74 Å². The molecule has 0 atom stereocenters. The van der Waals surface area contributed by atoms with Gasteiger partial charge in [-0.1, -0.05) is 11.3 Å². The van der Waals surface area contributed by atoms with Crippen molar-refractivity contribution in [3.05, 3.63) is 35.1 Å². The average Bonchev–Trinajstić information content (AvgIpc) is 3.10. The van der Waals surface area contributed by atoms with Crippen LogP contribution in [0.4, 0.5) is 0 Å². The number of benzene rings is 1. The fraction of sp³-hybridized carbons (Fsp3) is 0.267. The highest BCUT2D eigenvalue weighted by Crippen LogP contribution is 2.27. The molecule has 22 heavy (non-hydrogen) atoms. The Morgan fingerprint density at radius 1 is 1.41 bits per heavy atom. The van der Waals surface area contributed by atoms with E-state index in [0.717, 1.165) is 16.8 Å². The molecule has 0 spiro atoms. The number of thiazole rings is 1. The van der Waals surface area contributed by atoms with Gasteiger partial charge in [-0.25, -0.2) is 14.8 Å². The van der Waals surface area contributed by atoms with Crippen molar-refractivity contribution in [2.75, 3.05) is 13.7 Å². The van der Waals surface area contributed by atoms with Gasteiger partial charge in [0.2, 0.25) is 0 Å². The van der Waals surface area contributed by atoms with E-state index in [0.29, 0.717) is 22.3 Å². The molecule has 0 saturated heterocycles. The topological polar surface area (TPSA) is 66.2 Å². The first-order valence-corrected chi connectivity index (χ1v) is 7.61. The molecule has 114 valence electrons. The molecule has 3 aromatic rings. The minimum absolute atomic E-state index is 0.338. The van der Waals surface area contributed by atoms with Gasteiger partial charge in [0.15, 0.2) is 5.13 Å². The Morgan fingerprint density at radius 2 is 2.23 bits per heavy atom. The normalized spacial score (nSPS) is 10.9. The fourth-order valence-corrected chi connectivity index (χ4v) is 3.09. The Morgan fingerprint density at radius 3 is 2.95 bits per heavy atom. The molecular weight excluding hydrogens is 302 g/mol. The van der Waals surface area contributed by atoms with E-state index in [-0.39, 0.29) is 5.97 Å². The number of aryl methyl sites for hydroxylation is 1. The second kappa shape index (κ2) is 5.76. The predicted octanol–water partition coefficient (Wildman–Crippen LogP) is 2.98. The lowest BCUT2D eigenvalue weighted by molar-refractivity contribution is 0.0531. The van der Waals surface area contributed by atoms with Gasteiger partial charge < -0.3 is 9.47 Å². The van der Waals surface area contributed by atoms with Crippen LogP contribution >= 0.6 is 11.3 Å². The highest BCUT2D eigenvalue weighted by atomic mass is 32.1. The SMILES string of the molecule is CCOC(=O)c1sc(-n2cnc3cc(OC)ccc32)nc1C. The summed E-state index contributed by atoms with van der Waals surface area (Å²) in [5.74, 6) is 0.412. The van der Waals surface area contributed by atoms with Gasteiger partial charge in [0.05, 0.1) is 30.4 Å². The molecule has 2 aromatic heterocycles. The van der Waals surface area contributed by atoms with Crippen LogP contribution in [-0.4, -0.2) is 34.2 Å². The first-order chi connectivity index (χ1) is 10.6. The lowest BCUT2D eigenvalue weighted by atomic mass is 10.3. The van der Waals surface area contributed by atoms with E-state index in [4.69, 9.17) is 9.47 Å². The monoisotopic (exact) mass is 317 g/mol. The van der Waals surface area contributed by atoms with E-state index in [1.807, 2.05) is 22.8 Å². The number of ether oxygens (including phenoxy) is 2.